The van der Waals surface area contributed by atoms with Gasteiger partial charge in [-0.1, -0.05) is 0 Å². The Morgan fingerprint density at radius 1 is 1.31 bits per heavy atom. The van der Waals surface area contributed by atoms with E-state index in [0.717, 1.165) is 71.3 Å². The van der Waals surface area contributed by atoms with Crippen LogP contribution >= 0.6 is 47.1 Å². The monoisotopic (exact) mass is 510 g/mol. The lowest BCUT2D eigenvalue weighted by molar-refractivity contribution is 0.0793. The fourth-order valence-corrected chi connectivity index (χ4v) is 4.96. The Kier molecular flexibility index (Phi) is 9.32. The fourth-order valence-electron chi connectivity index (χ4n) is 3.40. The van der Waals surface area contributed by atoms with Crippen LogP contribution in [0.4, 0.5) is 5.00 Å². The third-order valence-corrected chi connectivity index (χ3v) is 7.42. The van der Waals surface area contributed by atoms with Crippen molar-refractivity contribution in [3.63, 3.8) is 0 Å². The Hall–Kier alpha value is -0.190. The number of nitrogens with zero attached hydrogens (tertiary/aromatic N) is 3. The number of aliphatic imine (C=N–C) groups is 1. The lowest BCUT2D eigenvalue weighted by Crippen LogP contribution is -2.53. The highest BCUT2D eigenvalue weighted by molar-refractivity contribution is 14.0. The predicted molar refractivity (Wildman–Crippen MR) is 126 cm³/mol. The van der Waals surface area contributed by atoms with E-state index in [4.69, 9.17) is 9.73 Å². The van der Waals surface area contributed by atoms with Crippen LogP contribution in [0.2, 0.25) is 0 Å². The first-order chi connectivity index (χ1) is 12.3. The van der Waals surface area contributed by atoms with Crippen LogP contribution in [0.15, 0.2) is 22.5 Å². The molecule has 2 saturated heterocycles. The average Bonchev–Trinajstić information content (AvgIpc) is 3.21. The molecule has 2 fully saturated rings. The summed E-state index contributed by atoms with van der Waals surface area (Å²) in [5.41, 5.74) is 0. The minimum atomic E-state index is 0. The van der Waals surface area contributed by atoms with E-state index in [-0.39, 0.29) is 28.7 Å². The Morgan fingerprint density at radius 3 is 2.62 bits per heavy atom. The van der Waals surface area contributed by atoms with Crippen molar-refractivity contribution in [2.24, 2.45) is 4.99 Å². The molecule has 1 aromatic heterocycles. The van der Waals surface area contributed by atoms with Gasteiger partial charge in [0.15, 0.2) is 5.96 Å². The smallest absolute Gasteiger partial charge is 0.194 e. The molecule has 1 aromatic rings. The van der Waals surface area contributed by atoms with Gasteiger partial charge in [0.1, 0.15) is 0 Å². The second kappa shape index (κ2) is 11.0. The molecule has 0 atom stereocenters. The number of piperazine rings is 1. The number of rotatable bonds is 5. The molecule has 148 valence electrons. The molecule has 0 bridgehead atoms. The van der Waals surface area contributed by atoms with Gasteiger partial charge in [-0.3, -0.25) is 4.99 Å². The molecule has 0 aromatic carbocycles. The number of guanidine groups is 1. The van der Waals surface area contributed by atoms with Crippen molar-refractivity contribution < 1.29 is 4.74 Å². The highest BCUT2D eigenvalue weighted by atomic mass is 127. The lowest BCUT2D eigenvalue weighted by Gasteiger charge is -2.38. The second-order valence-electron chi connectivity index (χ2n) is 6.60. The fraction of sp³-hybridized carbons (Fsp3) is 0.722. The maximum Gasteiger partial charge on any atom is 0.194 e. The molecule has 3 rings (SSSR count). The van der Waals surface area contributed by atoms with Crippen molar-refractivity contribution in [3.05, 3.63) is 17.5 Å². The van der Waals surface area contributed by atoms with Crippen LogP contribution in [0.5, 0.6) is 0 Å². The molecule has 0 aliphatic carbocycles. The van der Waals surface area contributed by atoms with E-state index < -0.39 is 0 Å². The van der Waals surface area contributed by atoms with E-state index in [1.54, 1.807) is 0 Å². The third kappa shape index (κ3) is 5.65. The van der Waals surface area contributed by atoms with Crippen molar-refractivity contribution in [1.82, 2.24) is 10.2 Å². The zero-order chi connectivity index (χ0) is 17.5. The van der Waals surface area contributed by atoms with Crippen molar-refractivity contribution >= 4 is 58.0 Å². The molecule has 8 heteroatoms. The van der Waals surface area contributed by atoms with Gasteiger partial charge >= 0.3 is 0 Å². The molecule has 3 heterocycles. The van der Waals surface area contributed by atoms with Crippen molar-refractivity contribution in [1.29, 1.82) is 0 Å². The summed E-state index contributed by atoms with van der Waals surface area (Å²) in [5.74, 6) is 1.08. The molecular formula is C18H31IN4OS2. The van der Waals surface area contributed by atoms with Crippen LogP contribution in [0, 0.1) is 0 Å². The molecule has 0 amide bonds. The number of anilines is 1. The van der Waals surface area contributed by atoms with Gasteiger partial charge in [0, 0.05) is 50.7 Å². The Labute approximate surface area is 183 Å². The zero-order valence-corrected chi connectivity index (χ0v) is 19.7. The van der Waals surface area contributed by atoms with Crippen LogP contribution in [-0.2, 0) is 4.74 Å². The first-order valence-corrected chi connectivity index (χ1v) is 11.3. The Bertz CT molecular complexity index is 541. The van der Waals surface area contributed by atoms with E-state index in [0.29, 0.717) is 0 Å². The van der Waals surface area contributed by atoms with Gasteiger partial charge in [0.05, 0.1) is 11.5 Å². The Morgan fingerprint density at radius 2 is 2.04 bits per heavy atom. The van der Waals surface area contributed by atoms with Gasteiger partial charge in [0.25, 0.3) is 0 Å². The summed E-state index contributed by atoms with van der Waals surface area (Å²) in [4.78, 5) is 9.93. The summed E-state index contributed by atoms with van der Waals surface area (Å²) in [6.07, 6.45) is 4.42. The number of thioether (sulfide) groups is 1. The van der Waals surface area contributed by atoms with Crippen molar-refractivity contribution in [2.75, 3.05) is 63.6 Å². The van der Waals surface area contributed by atoms with E-state index >= 15 is 0 Å². The van der Waals surface area contributed by atoms with E-state index in [1.165, 1.54) is 5.00 Å². The number of ether oxygens (including phenoxy) is 1. The lowest BCUT2D eigenvalue weighted by atomic mass is 9.99. The quantitative estimate of drug-likeness (QED) is 0.374. The first kappa shape index (κ1) is 22.1. The molecule has 26 heavy (non-hydrogen) atoms. The SMILES string of the molecule is CCNC(=NCC1(SC)CCOCC1)N1CCN(c2cccs2)CC1.I. The normalized spacial score (nSPS) is 20.6. The van der Waals surface area contributed by atoms with Gasteiger partial charge in [-0.25, -0.2) is 0 Å². The average molecular weight is 511 g/mol. The summed E-state index contributed by atoms with van der Waals surface area (Å²) < 4.78 is 5.80. The number of thiophene rings is 1. The van der Waals surface area contributed by atoms with Crippen LogP contribution in [0.25, 0.3) is 0 Å². The first-order valence-electron chi connectivity index (χ1n) is 9.21. The standard InChI is InChI=1S/C18H30N4OS2.HI/c1-3-19-17(20-15-18(24-2)6-12-23-13-7-18)22-10-8-21(9-11-22)16-5-4-14-25-16;/h4-5,14H,3,6-13,15H2,1-2H3,(H,19,20);1H. The number of hydrogen-bond donors (Lipinski definition) is 1. The van der Waals surface area contributed by atoms with Crippen LogP contribution in [0.3, 0.4) is 0 Å². The van der Waals surface area contributed by atoms with Gasteiger partial charge in [-0.15, -0.1) is 35.3 Å². The summed E-state index contributed by atoms with van der Waals surface area (Å²) >= 11 is 3.79. The van der Waals surface area contributed by atoms with Gasteiger partial charge in [-0.05, 0) is 43.5 Å². The largest absolute Gasteiger partial charge is 0.381 e. The highest BCUT2D eigenvalue weighted by Crippen LogP contribution is 2.34. The Balaban J connectivity index is 0.00000243. The van der Waals surface area contributed by atoms with Crippen LogP contribution < -0.4 is 10.2 Å². The number of hydrogen-bond acceptors (Lipinski definition) is 5. The molecule has 5 nitrogen and oxygen atoms in total. The van der Waals surface area contributed by atoms with Crippen LogP contribution in [-0.4, -0.2) is 74.3 Å². The summed E-state index contributed by atoms with van der Waals surface area (Å²) in [5, 5.41) is 7.04. The van der Waals surface area contributed by atoms with Gasteiger partial charge in [0.2, 0.25) is 0 Å². The topological polar surface area (TPSA) is 40.1 Å². The molecule has 1 N–H and O–H groups in total. The maximum absolute atomic E-state index is 5.55. The number of halogens is 1. The second-order valence-corrected chi connectivity index (χ2v) is 8.80. The van der Waals surface area contributed by atoms with E-state index in [1.807, 2.05) is 23.1 Å². The minimum Gasteiger partial charge on any atom is -0.381 e. The van der Waals surface area contributed by atoms with Crippen molar-refractivity contribution in [3.8, 4) is 0 Å². The summed E-state index contributed by atoms with van der Waals surface area (Å²) in [7, 11) is 0. The maximum atomic E-state index is 5.55. The molecule has 0 unspecified atom stereocenters. The zero-order valence-electron chi connectivity index (χ0n) is 15.8. The summed E-state index contributed by atoms with van der Waals surface area (Å²) in [6.45, 7) is 9.86. The van der Waals surface area contributed by atoms with E-state index in [2.05, 4.69) is 45.8 Å². The van der Waals surface area contributed by atoms with Crippen molar-refractivity contribution in [2.45, 2.75) is 24.5 Å². The number of nitrogens with one attached hydrogen (secondary N) is 1. The molecule has 0 saturated carbocycles. The van der Waals surface area contributed by atoms with Gasteiger partial charge in [-0.2, -0.15) is 11.8 Å². The molecule has 0 radical (unpaired) electrons. The molecule has 0 spiro atoms. The van der Waals surface area contributed by atoms with Crippen LogP contribution in [0.1, 0.15) is 19.8 Å². The molecule has 2 aliphatic rings. The minimum absolute atomic E-state index is 0. The van der Waals surface area contributed by atoms with E-state index in [9.17, 15) is 0 Å². The summed E-state index contributed by atoms with van der Waals surface area (Å²) in [6, 6.07) is 4.35. The predicted octanol–water partition coefficient (Wildman–Crippen LogP) is 3.37. The highest BCUT2D eigenvalue weighted by Gasteiger charge is 2.32. The molecule has 2 aliphatic heterocycles. The molecular weight excluding hydrogens is 479 g/mol. The van der Waals surface area contributed by atoms with Gasteiger partial charge < -0.3 is 19.9 Å². The third-order valence-electron chi connectivity index (χ3n) is 5.09.